The highest BCUT2D eigenvalue weighted by molar-refractivity contribution is 6.31. The van der Waals surface area contributed by atoms with E-state index < -0.39 is 0 Å². The van der Waals surface area contributed by atoms with Crippen LogP contribution in [-0.4, -0.2) is 10.8 Å². The Morgan fingerprint density at radius 2 is 2.00 bits per heavy atom. The van der Waals surface area contributed by atoms with Crippen LogP contribution in [0.5, 0.6) is 0 Å². The van der Waals surface area contributed by atoms with E-state index in [1.54, 1.807) is 6.20 Å². The summed E-state index contributed by atoms with van der Waals surface area (Å²) in [6.07, 6.45) is 2.03. The van der Waals surface area contributed by atoms with Crippen LogP contribution in [0.3, 0.4) is 0 Å². The Hall–Kier alpha value is -2.19. The number of nitrogens with zero attached hydrogens (tertiary/aromatic N) is 1. The zero-order valence-corrected chi connectivity index (χ0v) is 12.4. The van der Waals surface area contributed by atoms with Crippen LogP contribution in [0.1, 0.15) is 21.5 Å². The molecule has 2 aromatic carbocycles. The minimum absolute atomic E-state index is 0.0550. The van der Waals surface area contributed by atoms with Crippen LogP contribution >= 0.6 is 11.6 Å². The molecule has 104 valence electrons. The minimum atomic E-state index is 0.0550. The number of aryl methyl sites for hydroxylation is 1. The van der Waals surface area contributed by atoms with Gasteiger partial charge in [-0.1, -0.05) is 41.9 Å². The van der Waals surface area contributed by atoms with Gasteiger partial charge in [-0.25, -0.2) is 0 Å². The molecule has 0 aliphatic carbocycles. The van der Waals surface area contributed by atoms with Crippen molar-refractivity contribution < 1.29 is 4.79 Å². The molecule has 0 saturated carbocycles. The lowest BCUT2D eigenvalue weighted by Crippen LogP contribution is -2.05. The lowest BCUT2D eigenvalue weighted by atomic mass is 9.99. The van der Waals surface area contributed by atoms with Gasteiger partial charge in [0.1, 0.15) is 0 Å². The van der Waals surface area contributed by atoms with Gasteiger partial charge in [0, 0.05) is 28.6 Å². The predicted molar refractivity (Wildman–Crippen MR) is 86.0 cm³/mol. The second kappa shape index (κ2) is 5.66. The molecule has 0 amide bonds. The highest BCUT2D eigenvalue weighted by Crippen LogP contribution is 2.22. The fourth-order valence-electron chi connectivity index (χ4n) is 2.41. The van der Waals surface area contributed by atoms with Gasteiger partial charge in [-0.3, -0.25) is 9.78 Å². The molecule has 0 aliphatic heterocycles. The maximum Gasteiger partial charge on any atom is 0.167 e. The molecule has 2 nitrogen and oxygen atoms in total. The van der Waals surface area contributed by atoms with E-state index in [0.717, 1.165) is 22.0 Å². The number of rotatable bonds is 3. The van der Waals surface area contributed by atoms with Crippen LogP contribution in [0.15, 0.2) is 54.7 Å². The number of aromatic nitrogens is 1. The quantitative estimate of drug-likeness (QED) is 0.660. The highest BCUT2D eigenvalue weighted by Gasteiger charge is 2.12. The van der Waals surface area contributed by atoms with E-state index in [2.05, 4.69) is 4.98 Å². The first-order valence-electron chi connectivity index (χ1n) is 6.77. The van der Waals surface area contributed by atoms with Crippen LogP contribution < -0.4 is 0 Å². The molecule has 0 fully saturated rings. The summed E-state index contributed by atoms with van der Waals surface area (Å²) in [5.74, 6) is 0.0550. The summed E-state index contributed by atoms with van der Waals surface area (Å²) in [5.41, 5.74) is 3.47. The number of pyridine rings is 1. The standard InChI is InChI=1S/C18H14ClNO/c1-12-7-8-13(16(19)10-12)11-18(21)15-4-2-6-17-14(15)5-3-9-20-17/h2-10H,11H2,1H3. The van der Waals surface area contributed by atoms with Crippen molar-refractivity contribution in [1.82, 2.24) is 4.98 Å². The molecule has 1 aromatic heterocycles. The molecule has 0 N–H and O–H groups in total. The summed E-state index contributed by atoms with van der Waals surface area (Å²) in [4.78, 5) is 16.9. The van der Waals surface area contributed by atoms with Crippen molar-refractivity contribution in [3.63, 3.8) is 0 Å². The smallest absolute Gasteiger partial charge is 0.167 e. The van der Waals surface area contributed by atoms with Crippen LogP contribution in [0.2, 0.25) is 5.02 Å². The molecule has 3 heteroatoms. The molecule has 0 spiro atoms. The monoisotopic (exact) mass is 295 g/mol. The Morgan fingerprint density at radius 3 is 2.81 bits per heavy atom. The van der Waals surface area contributed by atoms with Crippen molar-refractivity contribution in [2.75, 3.05) is 0 Å². The average Bonchev–Trinajstić information content (AvgIpc) is 2.49. The molecule has 3 aromatic rings. The van der Waals surface area contributed by atoms with E-state index in [9.17, 15) is 4.79 Å². The number of Topliss-reactive ketones (excluding diaryl/α,β-unsaturated/α-hetero) is 1. The van der Waals surface area contributed by atoms with E-state index in [1.165, 1.54) is 0 Å². The molecule has 0 bridgehead atoms. The summed E-state index contributed by atoms with van der Waals surface area (Å²) in [7, 11) is 0. The number of benzene rings is 2. The Balaban J connectivity index is 1.97. The van der Waals surface area contributed by atoms with Gasteiger partial charge >= 0.3 is 0 Å². The summed E-state index contributed by atoms with van der Waals surface area (Å²) in [6, 6.07) is 15.1. The molecular weight excluding hydrogens is 282 g/mol. The summed E-state index contributed by atoms with van der Waals surface area (Å²) in [6.45, 7) is 1.98. The van der Waals surface area contributed by atoms with E-state index in [4.69, 9.17) is 11.6 Å². The van der Waals surface area contributed by atoms with Gasteiger partial charge in [-0.15, -0.1) is 0 Å². The van der Waals surface area contributed by atoms with Crippen LogP contribution in [0.4, 0.5) is 0 Å². The molecule has 0 saturated heterocycles. The molecule has 3 rings (SSSR count). The lowest BCUT2D eigenvalue weighted by Gasteiger charge is -2.07. The number of carbonyl (C=O) groups is 1. The topological polar surface area (TPSA) is 30.0 Å². The number of halogens is 1. The second-order valence-corrected chi connectivity index (χ2v) is 5.48. The molecule has 1 heterocycles. The van der Waals surface area contributed by atoms with Crippen molar-refractivity contribution in [1.29, 1.82) is 0 Å². The zero-order valence-electron chi connectivity index (χ0n) is 11.6. The fourth-order valence-corrected chi connectivity index (χ4v) is 2.71. The summed E-state index contributed by atoms with van der Waals surface area (Å²) in [5, 5.41) is 1.52. The Kier molecular flexibility index (Phi) is 3.72. The number of fused-ring (bicyclic) bond motifs is 1. The van der Waals surface area contributed by atoms with Crippen LogP contribution in [-0.2, 0) is 6.42 Å². The summed E-state index contributed by atoms with van der Waals surface area (Å²) >= 11 is 6.21. The second-order valence-electron chi connectivity index (χ2n) is 5.07. The highest BCUT2D eigenvalue weighted by atomic mass is 35.5. The first kappa shape index (κ1) is 13.8. The van der Waals surface area contributed by atoms with Gasteiger partial charge in [-0.2, -0.15) is 0 Å². The molecule has 0 unspecified atom stereocenters. The van der Waals surface area contributed by atoms with Gasteiger partial charge < -0.3 is 0 Å². The first-order chi connectivity index (χ1) is 10.1. The van der Waals surface area contributed by atoms with E-state index in [1.807, 2.05) is 55.5 Å². The van der Waals surface area contributed by atoms with Gasteiger partial charge in [0.25, 0.3) is 0 Å². The Bertz CT molecular complexity index is 821. The number of ketones is 1. The molecule has 0 aliphatic rings. The predicted octanol–water partition coefficient (Wildman–Crippen LogP) is 4.62. The average molecular weight is 296 g/mol. The minimum Gasteiger partial charge on any atom is -0.294 e. The molecule has 0 atom stereocenters. The molecule has 21 heavy (non-hydrogen) atoms. The number of hydrogen-bond donors (Lipinski definition) is 0. The third-order valence-corrected chi connectivity index (χ3v) is 3.86. The van der Waals surface area contributed by atoms with Crippen molar-refractivity contribution in [3.8, 4) is 0 Å². The Labute approximate surface area is 128 Å². The fraction of sp³-hybridized carbons (Fsp3) is 0.111. The van der Waals surface area contributed by atoms with Crippen molar-refractivity contribution in [2.45, 2.75) is 13.3 Å². The SMILES string of the molecule is Cc1ccc(CC(=O)c2cccc3ncccc23)c(Cl)c1. The van der Waals surface area contributed by atoms with E-state index in [0.29, 0.717) is 17.0 Å². The third kappa shape index (κ3) is 2.81. The summed E-state index contributed by atoms with van der Waals surface area (Å²) < 4.78 is 0. The van der Waals surface area contributed by atoms with Gasteiger partial charge in [-0.05, 0) is 36.2 Å². The first-order valence-corrected chi connectivity index (χ1v) is 7.15. The maximum absolute atomic E-state index is 12.6. The third-order valence-electron chi connectivity index (χ3n) is 3.51. The zero-order chi connectivity index (χ0) is 14.8. The van der Waals surface area contributed by atoms with Gasteiger partial charge in [0.05, 0.1) is 5.52 Å². The number of hydrogen-bond acceptors (Lipinski definition) is 2. The maximum atomic E-state index is 12.6. The van der Waals surface area contributed by atoms with Crippen molar-refractivity contribution in [2.24, 2.45) is 0 Å². The Morgan fingerprint density at radius 1 is 1.14 bits per heavy atom. The van der Waals surface area contributed by atoms with Crippen molar-refractivity contribution >= 4 is 28.3 Å². The largest absolute Gasteiger partial charge is 0.294 e. The molecule has 0 radical (unpaired) electrons. The van der Waals surface area contributed by atoms with E-state index in [-0.39, 0.29) is 5.78 Å². The van der Waals surface area contributed by atoms with Crippen LogP contribution in [0, 0.1) is 6.92 Å². The van der Waals surface area contributed by atoms with Gasteiger partial charge in [0.15, 0.2) is 5.78 Å². The van der Waals surface area contributed by atoms with Crippen LogP contribution in [0.25, 0.3) is 10.9 Å². The number of carbonyl (C=O) groups excluding carboxylic acids is 1. The molecular formula is C18H14ClNO. The van der Waals surface area contributed by atoms with E-state index >= 15 is 0 Å². The lowest BCUT2D eigenvalue weighted by molar-refractivity contribution is 0.0994. The van der Waals surface area contributed by atoms with Crippen molar-refractivity contribution in [3.05, 3.63) is 76.4 Å². The normalized spacial score (nSPS) is 10.8. The van der Waals surface area contributed by atoms with Gasteiger partial charge in [0.2, 0.25) is 0 Å².